The van der Waals surface area contributed by atoms with Gasteiger partial charge < -0.3 is 0 Å². The molecule has 0 aliphatic carbocycles. The average molecular weight is 266 g/mol. The van der Waals surface area contributed by atoms with Gasteiger partial charge in [-0.05, 0) is 25.3 Å². The maximum absolute atomic E-state index is 11.7. The van der Waals surface area contributed by atoms with E-state index in [1.165, 1.54) is 0 Å². The van der Waals surface area contributed by atoms with Gasteiger partial charge in [-0.1, -0.05) is 36.8 Å². The van der Waals surface area contributed by atoms with Crippen LogP contribution >= 0.6 is 0 Å². The Morgan fingerprint density at radius 3 is 2.72 bits per heavy atom. The van der Waals surface area contributed by atoms with Gasteiger partial charge in [0.2, 0.25) is 10.0 Å². The molecule has 1 unspecified atom stereocenters. The zero-order valence-corrected chi connectivity index (χ0v) is 11.5. The molecule has 0 saturated carbocycles. The van der Waals surface area contributed by atoms with Gasteiger partial charge in [-0.2, -0.15) is 5.26 Å². The second-order valence-corrected chi connectivity index (χ2v) is 6.15. The Bertz CT molecular complexity index is 532. The van der Waals surface area contributed by atoms with Crippen LogP contribution < -0.4 is 4.72 Å². The lowest BCUT2D eigenvalue weighted by Crippen LogP contribution is -2.34. The summed E-state index contributed by atoms with van der Waals surface area (Å²) in [4.78, 5) is 0. The van der Waals surface area contributed by atoms with Crippen LogP contribution in [0.3, 0.4) is 0 Å². The molecule has 0 heterocycles. The highest BCUT2D eigenvalue weighted by atomic mass is 32.2. The third-order valence-corrected chi connectivity index (χ3v) is 4.48. The Balaban J connectivity index is 2.55. The summed E-state index contributed by atoms with van der Waals surface area (Å²) in [7, 11) is -3.51. The molecule has 98 valence electrons. The lowest BCUT2D eigenvalue weighted by molar-refractivity contribution is 0.572. The molecule has 1 aromatic rings. The molecule has 0 aliphatic heterocycles. The predicted octanol–water partition coefficient (Wildman–Crippen LogP) is 1.76. The number of benzene rings is 1. The molecule has 4 nitrogen and oxygen atoms in total. The zero-order valence-electron chi connectivity index (χ0n) is 10.7. The molecule has 1 N–H and O–H groups in total. The normalized spacial score (nSPS) is 12.9. The fourth-order valence-electron chi connectivity index (χ4n) is 1.69. The molecular weight excluding hydrogens is 248 g/mol. The van der Waals surface area contributed by atoms with Crippen molar-refractivity contribution in [2.45, 2.75) is 31.9 Å². The van der Waals surface area contributed by atoms with Gasteiger partial charge in [0, 0.05) is 6.54 Å². The highest BCUT2D eigenvalue weighted by molar-refractivity contribution is 7.90. The van der Waals surface area contributed by atoms with E-state index < -0.39 is 15.3 Å². The van der Waals surface area contributed by atoms with E-state index in [4.69, 9.17) is 5.26 Å². The lowest BCUT2D eigenvalue weighted by Gasteiger charge is -2.10. The Morgan fingerprint density at radius 2 is 2.17 bits per heavy atom. The second-order valence-electron chi connectivity index (χ2n) is 4.20. The van der Waals surface area contributed by atoms with Gasteiger partial charge >= 0.3 is 0 Å². The summed E-state index contributed by atoms with van der Waals surface area (Å²) < 4.78 is 25.9. The molecule has 18 heavy (non-hydrogen) atoms. The Kier molecular flexibility index (Phi) is 5.32. The van der Waals surface area contributed by atoms with Crippen molar-refractivity contribution in [1.29, 1.82) is 5.26 Å². The summed E-state index contributed by atoms with van der Waals surface area (Å²) in [5, 5.41) is 7.78. The predicted molar refractivity (Wildman–Crippen MR) is 71.5 cm³/mol. The number of nitriles is 1. The van der Waals surface area contributed by atoms with E-state index in [-0.39, 0.29) is 0 Å². The van der Waals surface area contributed by atoms with Crippen molar-refractivity contribution < 1.29 is 8.42 Å². The summed E-state index contributed by atoms with van der Waals surface area (Å²) in [5.41, 5.74) is 2.24. The van der Waals surface area contributed by atoms with Crippen LogP contribution in [0.25, 0.3) is 0 Å². The molecule has 0 bridgehead atoms. The minimum absolute atomic E-state index is 0.302. The maximum atomic E-state index is 11.7. The van der Waals surface area contributed by atoms with Crippen molar-refractivity contribution in [3.05, 3.63) is 35.4 Å². The third-order valence-electron chi connectivity index (χ3n) is 2.69. The molecule has 1 rings (SSSR count). The van der Waals surface area contributed by atoms with E-state index in [1.807, 2.05) is 31.2 Å². The molecule has 0 radical (unpaired) electrons. The summed E-state index contributed by atoms with van der Waals surface area (Å²) in [6.07, 6.45) is 0.930. The summed E-state index contributed by atoms with van der Waals surface area (Å²) >= 11 is 0. The van der Waals surface area contributed by atoms with Gasteiger partial charge in [0.1, 0.15) is 0 Å². The highest BCUT2D eigenvalue weighted by Crippen LogP contribution is 2.06. The van der Waals surface area contributed by atoms with Crippen LogP contribution in [0.5, 0.6) is 0 Å². The topological polar surface area (TPSA) is 70.0 Å². The Morgan fingerprint density at radius 1 is 1.44 bits per heavy atom. The first-order valence-corrected chi connectivity index (χ1v) is 7.48. The fraction of sp³-hybridized carbons (Fsp3) is 0.462. The van der Waals surface area contributed by atoms with Gasteiger partial charge in [0.25, 0.3) is 0 Å². The number of sulfonamides is 1. The van der Waals surface area contributed by atoms with E-state index in [0.29, 0.717) is 19.4 Å². The molecule has 0 amide bonds. The molecule has 0 fully saturated rings. The van der Waals surface area contributed by atoms with Gasteiger partial charge in [-0.25, -0.2) is 13.1 Å². The standard InChI is InChI=1S/C13H18N2O2S/c1-3-13(10-14)18(16,17)15-8-7-12-6-4-5-11(2)9-12/h4-6,9,13,15H,3,7-8H2,1-2H3. The van der Waals surface area contributed by atoms with Crippen molar-refractivity contribution in [3.8, 4) is 6.07 Å². The number of rotatable bonds is 6. The largest absolute Gasteiger partial charge is 0.227 e. The van der Waals surface area contributed by atoms with Crippen LogP contribution in [0.1, 0.15) is 24.5 Å². The minimum atomic E-state index is -3.51. The molecule has 5 heteroatoms. The van der Waals surface area contributed by atoms with E-state index in [9.17, 15) is 8.42 Å². The van der Waals surface area contributed by atoms with Crippen LogP contribution in [0.4, 0.5) is 0 Å². The summed E-state index contributed by atoms with van der Waals surface area (Å²) in [6.45, 7) is 4.01. The van der Waals surface area contributed by atoms with Crippen LogP contribution in [0.2, 0.25) is 0 Å². The van der Waals surface area contributed by atoms with Crippen LogP contribution in [-0.4, -0.2) is 20.2 Å². The SMILES string of the molecule is CCC(C#N)S(=O)(=O)NCCc1cccc(C)c1. The molecular formula is C13H18N2O2S. The molecule has 0 aromatic heterocycles. The van der Waals surface area contributed by atoms with Crippen LogP contribution in [-0.2, 0) is 16.4 Å². The minimum Gasteiger partial charge on any atom is -0.214 e. The lowest BCUT2D eigenvalue weighted by atomic mass is 10.1. The first kappa shape index (κ1) is 14.7. The van der Waals surface area contributed by atoms with Crippen molar-refractivity contribution in [3.63, 3.8) is 0 Å². The van der Waals surface area contributed by atoms with Gasteiger partial charge in [-0.3, -0.25) is 0 Å². The zero-order chi connectivity index (χ0) is 13.6. The van der Waals surface area contributed by atoms with Gasteiger partial charge in [0.15, 0.2) is 5.25 Å². The van der Waals surface area contributed by atoms with E-state index in [1.54, 1.807) is 13.0 Å². The van der Waals surface area contributed by atoms with Gasteiger partial charge in [0.05, 0.1) is 6.07 Å². The van der Waals surface area contributed by atoms with Crippen LogP contribution in [0, 0.1) is 18.3 Å². The first-order chi connectivity index (χ1) is 8.49. The van der Waals surface area contributed by atoms with Gasteiger partial charge in [-0.15, -0.1) is 0 Å². The molecule has 1 aromatic carbocycles. The van der Waals surface area contributed by atoms with E-state index in [2.05, 4.69) is 4.72 Å². The second kappa shape index (κ2) is 6.53. The summed E-state index contributed by atoms with van der Waals surface area (Å²) in [5.74, 6) is 0. The molecule has 0 aliphatic rings. The van der Waals surface area contributed by atoms with Crippen molar-refractivity contribution in [1.82, 2.24) is 4.72 Å². The van der Waals surface area contributed by atoms with Crippen molar-refractivity contribution in [2.24, 2.45) is 0 Å². The third kappa shape index (κ3) is 4.13. The summed E-state index contributed by atoms with van der Waals surface area (Å²) in [6, 6.07) is 9.73. The highest BCUT2D eigenvalue weighted by Gasteiger charge is 2.22. The Labute approximate surface area is 109 Å². The van der Waals surface area contributed by atoms with Crippen LogP contribution in [0.15, 0.2) is 24.3 Å². The average Bonchev–Trinajstić information content (AvgIpc) is 2.30. The Hall–Kier alpha value is -1.38. The fourth-order valence-corrected chi connectivity index (χ4v) is 2.85. The van der Waals surface area contributed by atoms with Crippen molar-refractivity contribution in [2.75, 3.05) is 6.54 Å². The quantitative estimate of drug-likeness (QED) is 0.853. The number of nitrogens with one attached hydrogen (secondary N) is 1. The number of aryl methyl sites for hydroxylation is 1. The van der Waals surface area contributed by atoms with Crippen molar-refractivity contribution >= 4 is 10.0 Å². The van der Waals surface area contributed by atoms with E-state index >= 15 is 0 Å². The number of hydrogen-bond donors (Lipinski definition) is 1. The first-order valence-electron chi connectivity index (χ1n) is 5.93. The number of nitrogens with zero attached hydrogens (tertiary/aromatic N) is 1. The van der Waals surface area contributed by atoms with E-state index in [0.717, 1.165) is 11.1 Å². The molecule has 1 atom stereocenters. The maximum Gasteiger partial charge on any atom is 0.227 e. The molecule has 0 saturated heterocycles. The smallest absolute Gasteiger partial charge is 0.214 e. The molecule has 0 spiro atoms. The monoisotopic (exact) mass is 266 g/mol. The number of hydrogen-bond acceptors (Lipinski definition) is 3.